The molecule has 0 aromatic carbocycles. The molecule has 0 atom stereocenters. The summed E-state index contributed by atoms with van der Waals surface area (Å²) in [7, 11) is 0. The maximum atomic E-state index is 5.50. The van der Waals surface area contributed by atoms with E-state index in [0.717, 1.165) is 43.5 Å². The number of hydrogen-bond donors (Lipinski definition) is 1. The number of nitrogens with zero attached hydrogens (tertiary/aromatic N) is 2. The zero-order chi connectivity index (χ0) is 10.7. The van der Waals surface area contributed by atoms with Crippen molar-refractivity contribution in [3.05, 3.63) is 16.1 Å². The average Bonchev–Trinajstić information content (AvgIpc) is 2.68. The lowest BCUT2D eigenvalue weighted by molar-refractivity contribution is 0.0341. The second kappa shape index (κ2) is 4.98. The zero-order valence-electron chi connectivity index (χ0n) is 8.31. The highest BCUT2D eigenvalue weighted by Gasteiger charge is 2.13. The Kier molecular flexibility index (Phi) is 3.63. The van der Waals surface area contributed by atoms with Crippen molar-refractivity contribution in [2.75, 3.05) is 26.3 Å². The first-order valence-electron chi connectivity index (χ1n) is 4.80. The fourth-order valence-electron chi connectivity index (χ4n) is 1.45. The highest BCUT2D eigenvalue weighted by Crippen LogP contribution is 2.13. The van der Waals surface area contributed by atoms with Crippen molar-refractivity contribution in [2.24, 2.45) is 5.73 Å². The summed E-state index contributed by atoms with van der Waals surface area (Å²) in [6, 6.07) is 0. The summed E-state index contributed by atoms with van der Waals surface area (Å²) in [6.45, 7) is 4.45. The molecule has 0 unspecified atom stereocenters. The average molecular weight is 243 g/mol. The number of ether oxygens (including phenoxy) is 1. The number of rotatable bonds is 3. The predicted molar refractivity (Wildman–Crippen MR) is 64.1 cm³/mol. The zero-order valence-corrected chi connectivity index (χ0v) is 9.94. The molecule has 1 saturated heterocycles. The normalized spacial score (nSPS) is 17.9. The third-order valence-corrected chi connectivity index (χ3v) is 3.31. The Morgan fingerprint density at radius 2 is 2.33 bits per heavy atom. The van der Waals surface area contributed by atoms with Crippen LogP contribution in [0, 0.1) is 0 Å². The number of thiocarbonyl (C=S) groups is 1. The standard InChI is InChI=1S/C9H13N3OS2/c10-9(14)7-6-15-8(11-7)5-12-1-3-13-4-2-12/h6H,1-5H2,(H2,10,14). The molecule has 15 heavy (non-hydrogen) atoms. The van der Waals surface area contributed by atoms with E-state index < -0.39 is 0 Å². The summed E-state index contributed by atoms with van der Waals surface area (Å²) in [5.41, 5.74) is 6.24. The smallest absolute Gasteiger partial charge is 0.123 e. The van der Waals surface area contributed by atoms with Crippen LogP contribution in [0.2, 0.25) is 0 Å². The van der Waals surface area contributed by atoms with E-state index in [1.54, 1.807) is 11.3 Å². The largest absolute Gasteiger partial charge is 0.388 e. The van der Waals surface area contributed by atoms with Crippen molar-refractivity contribution in [3.63, 3.8) is 0 Å². The van der Waals surface area contributed by atoms with E-state index in [1.165, 1.54) is 0 Å². The Hall–Kier alpha value is -0.560. The third-order valence-electron chi connectivity index (χ3n) is 2.27. The van der Waals surface area contributed by atoms with Gasteiger partial charge >= 0.3 is 0 Å². The van der Waals surface area contributed by atoms with Crippen LogP contribution < -0.4 is 5.73 Å². The molecule has 0 amide bonds. The van der Waals surface area contributed by atoms with Gasteiger partial charge in [0.15, 0.2) is 0 Å². The van der Waals surface area contributed by atoms with Crippen molar-refractivity contribution in [1.82, 2.24) is 9.88 Å². The van der Waals surface area contributed by atoms with Crippen LogP contribution >= 0.6 is 23.6 Å². The van der Waals surface area contributed by atoms with E-state index in [-0.39, 0.29) is 0 Å². The second-order valence-electron chi connectivity index (χ2n) is 3.38. The molecule has 4 nitrogen and oxygen atoms in total. The van der Waals surface area contributed by atoms with E-state index >= 15 is 0 Å². The van der Waals surface area contributed by atoms with Crippen molar-refractivity contribution in [3.8, 4) is 0 Å². The fourth-order valence-corrected chi connectivity index (χ4v) is 2.46. The van der Waals surface area contributed by atoms with Crippen LogP contribution in [-0.2, 0) is 11.3 Å². The summed E-state index contributed by atoms with van der Waals surface area (Å²) >= 11 is 6.48. The van der Waals surface area contributed by atoms with E-state index in [2.05, 4.69) is 9.88 Å². The second-order valence-corrected chi connectivity index (χ2v) is 4.76. The minimum absolute atomic E-state index is 0.375. The molecule has 2 rings (SSSR count). The van der Waals surface area contributed by atoms with E-state index in [4.69, 9.17) is 22.7 Å². The molecule has 6 heteroatoms. The van der Waals surface area contributed by atoms with E-state index in [0.29, 0.717) is 4.99 Å². The number of morpholine rings is 1. The van der Waals surface area contributed by atoms with Gasteiger partial charge in [-0.1, -0.05) is 12.2 Å². The molecule has 0 bridgehead atoms. The summed E-state index contributed by atoms with van der Waals surface area (Å²) in [5, 5.41) is 2.98. The Morgan fingerprint density at radius 3 is 2.93 bits per heavy atom. The first-order valence-corrected chi connectivity index (χ1v) is 6.09. The van der Waals surface area contributed by atoms with Crippen LogP contribution in [0.1, 0.15) is 10.7 Å². The summed E-state index contributed by atoms with van der Waals surface area (Å²) < 4.78 is 5.28. The van der Waals surface area contributed by atoms with E-state index in [9.17, 15) is 0 Å². The van der Waals surface area contributed by atoms with Crippen LogP contribution in [0.25, 0.3) is 0 Å². The summed E-state index contributed by atoms with van der Waals surface area (Å²) in [5.74, 6) is 0. The molecule has 2 N–H and O–H groups in total. The van der Waals surface area contributed by atoms with Gasteiger partial charge in [-0.2, -0.15) is 0 Å². The fraction of sp³-hybridized carbons (Fsp3) is 0.556. The van der Waals surface area contributed by atoms with Gasteiger partial charge in [-0.15, -0.1) is 11.3 Å². The van der Waals surface area contributed by atoms with E-state index in [1.807, 2.05) is 5.38 Å². The van der Waals surface area contributed by atoms with Gasteiger partial charge < -0.3 is 10.5 Å². The van der Waals surface area contributed by atoms with Gasteiger partial charge in [0.1, 0.15) is 15.7 Å². The monoisotopic (exact) mass is 243 g/mol. The van der Waals surface area contributed by atoms with Crippen LogP contribution in [0.5, 0.6) is 0 Å². The highest BCUT2D eigenvalue weighted by atomic mass is 32.1. The van der Waals surface area contributed by atoms with Crippen molar-refractivity contribution in [1.29, 1.82) is 0 Å². The summed E-state index contributed by atoms with van der Waals surface area (Å²) in [6.07, 6.45) is 0. The Labute approximate surface area is 98.0 Å². The Balaban J connectivity index is 1.94. The summed E-state index contributed by atoms with van der Waals surface area (Å²) in [4.78, 5) is 7.07. The first-order chi connectivity index (χ1) is 7.25. The minimum Gasteiger partial charge on any atom is -0.388 e. The van der Waals surface area contributed by atoms with Crippen LogP contribution in [0.4, 0.5) is 0 Å². The lowest BCUT2D eigenvalue weighted by Crippen LogP contribution is -2.35. The number of thiazole rings is 1. The van der Waals surface area contributed by atoms with Crippen molar-refractivity contribution < 1.29 is 4.74 Å². The maximum absolute atomic E-state index is 5.50. The first kappa shape index (κ1) is 10.9. The van der Waals surface area contributed by atoms with Gasteiger partial charge in [0, 0.05) is 18.5 Å². The third kappa shape index (κ3) is 2.94. The number of nitrogens with two attached hydrogens (primary N) is 1. The highest BCUT2D eigenvalue weighted by molar-refractivity contribution is 7.80. The molecule has 1 aromatic heterocycles. The number of aromatic nitrogens is 1. The molecule has 0 aliphatic carbocycles. The van der Waals surface area contributed by atoms with Gasteiger partial charge in [-0.25, -0.2) is 4.98 Å². The van der Waals surface area contributed by atoms with Crippen LogP contribution in [0.3, 0.4) is 0 Å². The van der Waals surface area contributed by atoms with Gasteiger partial charge in [0.05, 0.1) is 19.8 Å². The SMILES string of the molecule is NC(=S)c1csc(CN2CCOCC2)n1. The minimum atomic E-state index is 0.375. The molecule has 1 aliphatic rings. The molecule has 0 radical (unpaired) electrons. The maximum Gasteiger partial charge on any atom is 0.123 e. The van der Waals surface area contributed by atoms with Gasteiger partial charge in [0.25, 0.3) is 0 Å². The molecule has 1 aliphatic heterocycles. The molecule has 0 saturated carbocycles. The topological polar surface area (TPSA) is 51.4 Å². The Morgan fingerprint density at radius 1 is 1.60 bits per heavy atom. The Bertz CT molecular complexity index is 347. The van der Waals surface area contributed by atoms with Gasteiger partial charge in [-0.3, -0.25) is 4.90 Å². The van der Waals surface area contributed by atoms with Gasteiger partial charge in [0.2, 0.25) is 0 Å². The lowest BCUT2D eigenvalue weighted by atomic mass is 10.4. The molecule has 1 aromatic rings. The van der Waals surface area contributed by atoms with Crippen LogP contribution in [0.15, 0.2) is 5.38 Å². The van der Waals surface area contributed by atoms with Gasteiger partial charge in [-0.05, 0) is 0 Å². The molecule has 2 heterocycles. The molecule has 0 spiro atoms. The van der Waals surface area contributed by atoms with Crippen molar-refractivity contribution in [2.45, 2.75) is 6.54 Å². The lowest BCUT2D eigenvalue weighted by Gasteiger charge is -2.25. The predicted octanol–water partition coefficient (Wildman–Crippen LogP) is 0.610. The number of hydrogen-bond acceptors (Lipinski definition) is 5. The molecule has 82 valence electrons. The molecular weight excluding hydrogens is 230 g/mol. The quantitative estimate of drug-likeness (QED) is 0.788. The van der Waals surface area contributed by atoms with Crippen molar-refractivity contribution >= 4 is 28.5 Å². The van der Waals surface area contributed by atoms with Crippen LogP contribution in [-0.4, -0.2) is 41.2 Å². The molecular formula is C9H13N3OS2. The molecule has 1 fully saturated rings.